The third-order valence-corrected chi connectivity index (χ3v) is 6.05. The SMILES string of the molecule is CC1(C)CC(=O)c2c(ccc3nc4c(cc23)=CCC(c2ccc(F)c(F)c2)C=4)C1. The highest BCUT2D eigenvalue weighted by Crippen LogP contribution is 2.37. The van der Waals surface area contributed by atoms with Gasteiger partial charge in [-0.05, 0) is 58.9 Å². The molecule has 146 valence electrons. The fourth-order valence-electron chi connectivity index (χ4n) is 4.68. The fourth-order valence-corrected chi connectivity index (χ4v) is 4.68. The second-order valence-electron chi connectivity index (χ2n) is 8.96. The average molecular weight is 389 g/mol. The van der Waals surface area contributed by atoms with Gasteiger partial charge in [-0.15, -0.1) is 0 Å². The maximum Gasteiger partial charge on any atom is 0.164 e. The van der Waals surface area contributed by atoms with Crippen LogP contribution in [0.1, 0.15) is 54.1 Å². The molecular formula is C25H21F2NO. The van der Waals surface area contributed by atoms with E-state index in [4.69, 9.17) is 4.98 Å². The molecule has 3 aromatic rings. The number of nitrogens with zero attached hydrogens (tertiary/aromatic N) is 1. The van der Waals surface area contributed by atoms with Crippen molar-refractivity contribution in [3.63, 3.8) is 0 Å². The van der Waals surface area contributed by atoms with E-state index in [9.17, 15) is 13.6 Å². The zero-order chi connectivity index (χ0) is 20.3. The molecule has 0 saturated heterocycles. The third-order valence-electron chi connectivity index (χ3n) is 6.05. The maximum atomic E-state index is 13.6. The summed E-state index contributed by atoms with van der Waals surface area (Å²) < 4.78 is 26.9. The third kappa shape index (κ3) is 3.07. The van der Waals surface area contributed by atoms with Crippen LogP contribution in [0, 0.1) is 17.0 Å². The highest BCUT2D eigenvalue weighted by Gasteiger charge is 2.32. The van der Waals surface area contributed by atoms with E-state index in [0.717, 1.165) is 44.6 Å². The molecule has 0 saturated carbocycles. The molecule has 5 rings (SSSR count). The summed E-state index contributed by atoms with van der Waals surface area (Å²) in [6, 6.07) is 10.1. The summed E-state index contributed by atoms with van der Waals surface area (Å²) in [5, 5.41) is 2.72. The molecule has 29 heavy (non-hydrogen) atoms. The first kappa shape index (κ1) is 18.2. The predicted molar refractivity (Wildman–Crippen MR) is 110 cm³/mol. The van der Waals surface area contributed by atoms with Gasteiger partial charge in [0.25, 0.3) is 0 Å². The summed E-state index contributed by atoms with van der Waals surface area (Å²) in [4.78, 5) is 17.7. The Kier molecular flexibility index (Phi) is 3.95. The highest BCUT2D eigenvalue weighted by molar-refractivity contribution is 6.09. The number of Topliss-reactive ketones (excluding diaryl/α,β-unsaturated/α-hetero) is 1. The molecule has 0 N–H and O–H groups in total. The van der Waals surface area contributed by atoms with Gasteiger partial charge in [-0.3, -0.25) is 4.79 Å². The number of rotatable bonds is 1. The Morgan fingerprint density at radius 1 is 1.03 bits per heavy atom. The molecular weight excluding hydrogens is 368 g/mol. The van der Waals surface area contributed by atoms with Gasteiger partial charge in [-0.1, -0.05) is 38.1 Å². The molecule has 2 aliphatic carbocycles. The topological polar surface area (TPSA) is 30.0 Å². The van der Waals surface area contributed by atoms with Gasteiger partial charge in [0.05, 0.1) is 10.9 Å². The summed E-state index contributed by atoms with van der Waals surface area (Å²) in [5.74, 6) is -1.54. The first-order valence-corrected chi connectivity index (χ1v) is 9.94. The van der Waals surface area contributed by atoms with Crippen LogP contribution in [-0.2, 0) is 6.42 Å². The largest absolute Gasteiger partial charge is 0.294 e. The molecule has 1 atom stereocenters. The van der Waals surface area contributed by atoms with E-state index in [1.54, 1.807) is 6.07 Å². The molecule has 1 unspecified atom stereocenters. The van der Waals surface area contributed by atoms with Crippen LogP contribution in [0.5, 0.6) is 0 Å². The minimum atomic E-state index is -0.837. The van der Waals surface area contributed by atoms with Gasteiger partial charge in [0, 0.05) is 23.3 Å². The van der Waals surface area contributed by atoms with Crippen molar-refractivity contribution in [2.75, 3.05) is 0 Å². The monoisotopic (exact) mass is 389 g/mol. The zero-order valence-corrected chi connectivity index (χ0v) is 16.4. The standard InChI is InChI=1S/C25H21F2NO/c1-25(2)12-17-6-8-21-18(24(17)23(29)13-25)9-16-4-3-15(11-22(16)28-21)14-5-7-19(26)20(27)10-14/h4-11,15H,3,12-13H2,1-2H3. The summed E-state index contributed by atoms with van der Waals surface area (Å²) in [6.07, 6.45) is 6.19. The summed E-state index contributed by atoms with van der Waals surface area (Å²) in [6.45, 7) is 4.26. The number of halogens is 2. The predicted octanol–water partition coefficient (Wildman–Crippen LogP) is 4.42. The molecule has 0 fully saturated rings. The lowest BCUT2D eigenvalue weighted by atomic mass is 9.73. The van der Waals surface area contributed by atoms with Crippen molar-refractivity contribution in [3.8, 4) is 0 Å². The van der Waals surface area contributed by atoms with E-state index in [-0.39, 0.29) is 17.1 Å². The number of pyridine rings is 1. The van der Waals surface area contributed by atoms with Crippen LogP contribution in [0.2, 0.25) is 0 Å². The molecule has 0 radical (unpaired) electrons. The molecule has 0 amide bonds. The molecule has 0 bridgehead atoms. The van der Waals surface area contributed by atoms with Crippen LogP contribution in [0.15, 0.2) is 36.4 Å². The van der Waals surface area contributed by atoms with Crippen molar-refractivity contribution in [1.29, 1.82) is 0 Å². The van der Waals surface area contributed by atoms with Crippen LogP contribution in [0.25, 0.3) is 23.1 Å². The van der Waals surface area contributed by atoms with Crippen LogP contribution in [-0.4, -0.2) is 10.8 Å². The van der Waals surface area contributed by atoms with Crippen molar-refractivity contribution in [1.82, 2.24) is 4.98 Å². The number of aromatic nitrogens is 1. The fraction of sp³-hybridized carbons (Fsp3) is 0.280. The minimum absolute atomic E-state index is 0.0169. The maximum absolute atomic E-state index is 13.6. The molecule has 1 heterocycles. The van der Waals surface area contributed by atoms with Gasteiger partial charge in [-0.25, -0.2) is 13.8 Å². The lowest BCUT2D eigenvalue weighted by molar-refractivity contribution is 0.0914. The molecule has 2 aliphatic rings. The minimum Gasteiger partial charge on any atom is -0.294 e. The Hall–Kier alpha value is -2.88. The van der Waals surface area contributed by atoms with Crippen LogP contribution in [0.4, 0.5) is 8.78 Å². The molecule has 0 spiro atoms. The quantitative estimate of drug-likeness (QED) is 0.617. The average Bonchev–Trinajstić information content (AvgIpc) is 2.66. The van der Waals surface area contributed by atoms with Crippen molar-refractivity contribution >= 4 is 28.8 Å². The summed E-state index contributed by atoms with van der Waals surface area (Å²) in [7, 11) is 0. The van der Waals surface area contributed by atoms with Gasteiger partial charge in [0.2, 0.25) is 0 Å². The lowest BCUT2D eigenvalue weighted by Crippen LogP contribution is -2.33. The molecule has 2 nitrogen and oxygen atoms in total. The number of ketones is 1. The smallest absolute Gasteiger partial charge is 0.164 e. The Morgan fingerprint density at radius 3 is 2.66 bits per heavy atom. The highest BCUT2D eigenvalue weighted by atomic mass is 19.2. The number of fused-ring (bicyclic) bond motifs is 4. The van der Waals surface area contributed by atoms with E-state index >= 15 is 0 Å². The van der Waals surface area contributed by atoms with E-state index in [1.807, 2.05) is 18.2 Å². The zero-order valence-electron chi connectivity index (χ0n) is 16.4. The molecule has 4 heteroatoms. The van der Waals surface area contributed by atoms with Crippen molar-refractivity contribution < 1.29 is 13.6 Å². The van der Waals surface area contributed by atoms with Crippen molar-refractivity contribution in [2.24, 2.45) is 5.41 Å². The first-order chi connectivity index (χ1) is 13.8. The van der Waals surface area contributed by atoms with Crippen LogP contribution in [0.3, 0.4) is 0 Å². The first-order valence-electron chi connectivity index (χ1n) is 9.94. The van der Waals surface area contributed by atoms with Gasteiger partial charge in [0.1, 0.15) is 0 Å². The second-order valence-corrected chi connectivity index (χ2v) is 8.96. The lowest BCUT2D eigenvalue weighted by Gasteiger charge is -2.30. The van der Waals surface area contributed by atoms with Crippen LogP contribution >= 0.6 is 0 Å². The number of hydrogen-bond donors (Lipinski definition) is 0. The molecule has 0 aliphatic heterocycles. The second kappa shape index (κ2) is 6.31. The number of carbonyl (C=O) groups excluding carboxylic acids is 1. The Labute approximate surface area is 167 Å². The number of hydrogen-bond acceptors (Lipinski definition) is 2. The van der Waals surface area contributed by atoms with Gasteiger partial charge in [-0.2, -0.15) is 0 Å². The number of carbonyl (C=O) groups is 1. The Morgan fingerprint density at radius 2 is 1.86 bits per heavy atom. The molecule has 2 aromatic carbocycles. The van der Waals surface area contributed by atoms with Gasteiger partial charge >= 0.3 is 0 Å². The normalized spacial score (nSPS) is 19.9. The van der Waals surface area contributed by atoms with E-state index in [2.05, 4.69) is 26.0 Å². The van der Waals surface area contributed by atoms with Crippen molar-refractivity contribution in [3.05, 3.63) is 75.3 Å². The summed E-state index contributed by atoms with van der Waals surface area (Å²) >= 11 is 0. The van der Waals surface area contributed by atoms with Crippen LogP contribution < -0.4 is 10.6 Å². The molecule has 1 aromatic heterocycles. The van der Waals surface area contributed by atoms with Crippen molar-refractivity contribution in [2.45, 2.75) is 39.0 Å². The Balaban J connectivity index is 1.65. The van der Waals surface area contributed by atoms with Gasteiger partial charge in [0.15, 0.2) is 17.4 Å². The van der Waals surface area contributed by atoms with Gasteiger partial charge < -0.3 is 0 Å². The van der Waals surface area contributed by atoms with E-state index in [0.29, 0.717) is 12.8 Å². The number of benzene rings is 2. The van der Waals surface area contributed by atoms with E-state index in [1.165, 1.54) is 12.1 Å². The van der Waals surface area contributed by atoms with E-state index < -0.39 is 11.6 Å². The Bertz CT molecular complexity index is 1310. The summed E-state index contributed by atoms with van der Waals surface area (Å²) in [5.41, 5.74) is 3.42.